The smallest absolute Gasteiger partial charge is 0.250 e. The molecule has 0 fully saturated rings. The summed E-state index contributed by atoms with van der Waals surface area (Å²) in [5.41, 5.74) is 2.29. The second-order valence-corrected chi connectivity index (χ2v) is 5.50. The number of carbonyl (C=O) groups excluding carboxylic acids is 1. The first kappa shape index (κ1) is 14.8. The zero-order valence-electron chi connectivity index (χ0n) is 12.5. The quantitative estimate of drug-likeness (QED) is 0.890. The van der Waals surface area contributed by atoms with Gasteiger partial charge in [0.2, 0.25) is 5.91 Å². The molecule has 1 heterocycles. The van der Waals surface area contributed by atoms with Gasteiger partial charge in [0, 0.05) is 44.9 Å². The zero-order valence-corrected chi connectivity index (χ0v) is 12.5. The van der Waals surface area contributed by atoms with Crippen molar-refractivity contribution < 1.29 is 4.79 Å². The summed E-state index contributed by atoms with van der Waals surface area (Å²) in [6.45, 7) is 0.468. The van der Waals surface area contributed by atoms with E-state index in [9.17, 15) is 9.59 Å². The molecular formula is C15H23N3O2. The molecule has 0 aliphatic heterocycles. The van der Waals surface area contributed by atoms with Crippen LogP contribution in [0.1, 0.15) is 36.6 Å². The van der Waals surface area contributed by atoms with Gasteiger partial charge in [-0.05, 0) is 31.9 Å². The molecule has 5 heteroatoms. The van der Waals surface area contributed by atoms with Crippen molar-refractivity contribution in [2.45, 2.75) is 38.3 Å². The zero-order chi connectivity index (χ0) is 14.7. The van der Waals surface area contributed by atoms with Crippen molar-refractivity contribution in [2.24, 2.45) is 0 Å². The van der Waals surface area contributed by atoms with Gasteiger partial charge in [-0.1, -0.05) is 6.07 Å². The molecule has 5 nitrogen and oxygen atoms in total. The average Bonchev–Trinajstić information content (AvgIpc) is 2.44. The third-order valence-electron chi connectivity index (χ3n) is 4.01. The lowest BCUT2D eigenvalue weighted by Gasteiger charge is -2.27. The summed E-state index contributed by atoms with van der Waals surface area (Å²) in [5, 5.41) is 3.30. The number of carbonyl (C=O) groups is 1. The van der Waals surface area contributed by atoms with Crippen molar-refractivity contribution in [3.8, 4) is 0 Å². The fourth-order valence-corrected chi connectivity index (χ4v) is 2.84. The van der Waals surface area contributed by atoms with Gasteiger partial charge >= 0.3 is 0 Å². The Labute approximate surface area is 119 Å². The second-order valence-electron chi connectivity index (χ2n) is 5.50. The van der Waals surface area contributed by atoms with E-state index in [-0.39, 0.29) is 11.5 Å². The molecule has 1 amide bonds. The highest BCUT2D eigenvalue weighted by molar-refractivity contribution is 5.75. The minimum absolute atomic E-state index is 0.00735. The molecule has 1 aliphatic rings. The fourth-order valence-electron chi connectivity index (χ4n) is 2.84. The van der Waals surface area contributed by atoms with Gasteiger partial charge in [-0.15, -0.1) is 0 Å². The third-order valence-corrected chi connectivity index (χ3v) is 4.01. The monoisotopic (exact) mass is 277 g/mol. The first-order chi connectivity index (χ1) is 9.54. The van der Waals surface area contributed by atoms with Crippen molar-refractivity contribution in [1.29, 1.82) is 0 Å². The second kappa shape index (κ2) is 6.22. The summed E-state index contributed by atoms with van der Waals surface area (Å²) < 4.78 is 1.78. The average molecular weight is 277 g/mol. The van der Waals surface area contributed by atoms with Gasteiger partial charge in [0.15, 0.2) is 0 Å². The number of pyridine rings is 1. The number of nitrogens with zero attached hydrogens (tertiary/aromatic N) is 2. The molecule has 1 aromatic heterocycles. The molecule has 1 N–H and O–H groups in total. The predicted octanol–water partition coefficient (Wildman–Crippen LogP) is 0.923. The van der Waals surface area contributed by atoms with Crippen LogP contribution in [0.25, 0.3) is 0 Å². The Balaban J connectivity index is 2.28. The summed E-state index contributed by atoms with van der Waals surface area (Å²) >= 11 is 0. The van der Waals surface area contributed by atoms with Gasteiger partial charge in [0.25, 0.3) is 5.56 Å². The van der Waals surface area contributed by atoms with Gasteiger partial charge < -0.3 is 14.8 Å². The number of hydrogen-bond acceptors (Lipinski definition) is 3. The SMILES string of the molecule is CNC1CCCc2c1ccc(=O)n2CCC(=O)N(C)C. The van der Waals surface area contributed by atoms with E-state index < -0.39 is 0 Å². The molecule has 0 spiro atoms. The molecule has 0 aromatic carbocycles. The standard InChI is InChI=1S/C15H23N3O2/c1-16-12-5-4-6-13-11(12)7-8-15(20)18(13)10-9-14(19)17(2)3/h7-8,12,16H,4-6,9-10H2,1-3H3. The molecule has 1 aliphatic carbocycles. The van der Waals surface area contributed by atoms with E-state index in [4.69, 9.17) is 0 Å². The van der Waals surface area contributed by atoms with Gasteiger partial charge in [-0.2, -0.15) is 0 Å². The van der Waals surface area contributed by atoms with E-state index in [1.165, 1.54) is 5.56 Å². The molecule has 2 rings (SSSR count). The fraction of sp³-hybridized carbons (Fsp3) is 0.600. The van der Waals surface area contributed by atoms with Crippen LogP contribution in [0.15, 0.2) is 16.9 Å². The van der Waals surface area contributed by atoms with Crippen molar-refractivity contribution in [2.75, 3.05) is 21.1 Å². The van der Waals surface area contributed by atoms with Crippen LogP contribution in [0.4, 0.5) is 0 Å². The highest BCUT2D eigenvalue weighted by Gasteiger charge is 2.22. The van der Waals surface area contributed by atoms with Crippen LogP contribution in [0.2, 0.25) is 0 Å². The van der Waals surface area contributed by atoms with Crippen LogP contribution in [-0.4, -0.2) is 36.5 Å². The maximum atomic E-state index is 12.1. The third kappa shape index (κ3) is 2.93. The van der Waals surface area contributed by atoms with E-state index in [1.807, 2.05) is 13.1 Å². The number of hydrogen-bond donors (Lipinski definition) is 1. The number of aromatic nitrogens is 1. The largest absolute Gasteiger partial charge is 0.349 e. The summed E-state index contributed by atoms with van der Waals surface area (Å²) in [4.78, 5) is 25.4. The Morgan fingerprint density at radius 3 is 2.85 bits per heavy atom. The molecule has 110 valence electrons. The van der Waals surface area contributed by atoms with Crippen LogP contribution < -0.4 is 10.9 Å². The van der Waals surface area contributed by atoms with Crippen LogP contribution in [-0.2, 0) is 17.8 Å². The Kier molecular flexibility index (Phi) is 4.60. The predicted molar refractivity (Wildman–Crippen MR) is 78.8 cm³/mol. The van der Waals surface area contributed by atoms with E-state index in [2.05, 4.69) is 5.32 Å². The first-order valence-electron chi connectivity index (χ1n) is 7.14. The lowest BCUT2D eigenvalue weighted by atomic mass is 9.91. The van der Waals surface area contributed by atoms with E-state index in [0.29, 0.717) is 19.0 Å². The Hall–Kier alpha value is -1.62. The maximum absolute atomic E-state index is 12.1. The number of nitrogens with one attached hydrogen (secondary N) is 1. The van der Waals surface area contributed by atoms with Gasteiger partial charge in [-0.25, -0.2) is 0 Å². The van der Waals surface area contributed by atoms with Gasteiger partial charge in [0.1, 0.15) is 0 Å². The maximum Gasteiger partial charge on any atom is 0.250 e. The molecule has 1 unspecified atom stereocenters. The van der Waals surface area contributed by atoms with Crippen molar-refractivity contribution >= 4 is 5.91 Å². The minimum atomic E-state index is -0.00735. The highest BCUT2D eigenvalue weighted by Crippen LogP contribution is 2.28. The number of amides is 1. The molecule has 1 aromatic rings. The molecule has 0 saturated carbocycles. The number of fused-ring (bicyclic) bond motifs is 1. The van der Waals surface area contributed by atoms with Crippen LogP contribution in [0, 0.1) is 0 Å². The Bertz CT molecular complexity index is 549. The Morgan fingerprint density at radius 1 is 1.45 bits per heavy atom. The topological polar surface area (TPSA) is 54.3 Å². The highest BCUT2D eigenvalue weighted by atomic mass is 16.2. The first-order valence-corrected chi connectivity index (χ1v) is 7.14. The van der Waals surface area contributed by atoms with E-state index in [0.717, 1.165) is 25.0 Å². The summed E-state index contributed by atoms with van der Waals surface area (Å²) in [7, 11) is 5.43. The van der Waals surface area contributed by atoms with Crippen LogP contribution in [0.5, 0.6) is 0 Å². The lowest BCUT2D eigenvalue weighted by molar-refractivity contribution is -0.128. The number of rotatable bonds is 4. The van der Waals surface area contributed by atoms with E-state index >= 15 is 0 Å². The molecule has 0 bridgehead atoms. The molecule has 0 saturated heterocycles. The van der Waals surface area contributed by atoms with Crippen molar-refractivity contribution in [1.82, 2.24) is 14.8 Å². The van der Waals surface area contributed by atoms with Crippen molar-refractivity contribution in [3.05, 3.63) is 33.7 Å². The molecule has 0 radical (unpaired) electrons. The summed E-state index contributed by atoms with van der Waals surface area (Å²) in [5.74, 6) is 0.0514. The molecule has 1 atom stereocenters. The van der Waals surface area contributed by atoms with E-state index in [1.54, 1.807) is 29.6 Å². The molecule has 20 heavy (non-hydrogen) atoms. The molecular weight excluding hydrogens is 254 g/mol. The Morgan fingerprint density at radius 2 is 2.20 bits per heavy atom. The van der Waals surface area contributed by atoms with Crippen LogP contribution >= 0.6 is 0 Å². The van der Waals surface area contributed by atoms with Gasteiger partial charge in [0.05, 0.1) is 0 Å². The summed E-state index contributed by atoms with van der Waals surface area (Å²) in [6.07, 6.45) is 3.45. The van der Waals surface area contributed by atoms with Gasteiger partial charge in [-0.3, -0.25) is 9.59 Å². The van der Waals surface area contributed by atoms with Crippen molar-refractivity contribution in [3.63, 3.8) is 0 Å². The lowest BCUT2D eigenvalue weighted by Crippen LogP contribution is -2.32. The summed E-state index contributed by atoms with van der Waals surface area (Å²) in [6, 6.07) is 3.87. The van der Waals surface area contributed by atoms with Crippen LogP contribution in [0.3, 0.4) is 0 Å². The normalized spacial score (nSPS) is 17.6. The minimum Gasteiger partial charge on any atom is -0.349 e.